The summed E-state index contributed by atoms with van der Waals surface area (Å²) in [4.78, 5) is 10.8. The maximum absolute atomic E-state index is 12.2. The van der Waals surface area contributed by atoms with Gasteiger partial charge in [0.25, 0.3) is 0 Å². The van der Waals surface area contributed by atoms with Gasteiger partial charge in [0.05, 0.1) is 10.6 Å². The van der Waals surface area contributed by atoms with Gasteiger partial charge in [0.15, 0.2) is 16.4 Å². The van der Waals surface area contributed by atoms with Gasteiger partial charge in [-0.15, -0.1) is 0 Å². The number of aryl methyl sites for hydroxylation is 1. The lowest BCUT2D eigenvalue weighted by Crippen LogP contribution is -2.09. The third-order valence-electron chi connectivity index (χ3n) is 3.31. The summed E-state index contributed by atoms with van der Waals surface area (Å²) < 4.78 is 29.6. The summed E-state index contributed by atoms with van der Waals surface area (Å²) in [6.45, 7) is -0.408. The van der Waals surface area contributed by atoms with Crippen molar-refractivity contribution < 1.29 is 23.1 Å². The van der Waals surface area contributed by atoms with Crippen LogP contribution in [0.25, 0.3) is 0 Å². The van der Waals surface area contributed by atoms with Crippen LogP contribution in [0.3, 0.4) is 0 Å². The van der Waals surface area contributed by atoms with Crippen molar-refractivity contribution in [1.82, 2.24) is 0 Å². The zero-order chi connectivity index (χ0) is 17.6. The van der Waals surface area contributed by atoms with E-state index in [-0.39, 0.29) is 10.6 Å². The van der Waals surface area contributed by atoms with Gasteiger partial charge in [-0.25, -0.2) is 13.2 Å². The Morgan fingerprint density at radius 3 is 2.50 bits per heavy atom. The number of sulfone groups is 1. The van der Waals surface area contributed by atoms with Crippen LogP contribution in [0.1, 0.15) is 12.0 Å². The van der Waals surface area contributed by atoms with Gasteiger partial charge in [0, 0.05) is 5.02 Å². The quantitative estimate of drug-likeness (QED) is 0.773. The van der Waals surface area contributed by atoms with Crippen molar-refractivity contribution in [3.05, 3.63) is 59.1 Å². The summed E-state index contributed by atoms with van der Waals surface area (Å²) >= 11 is 5.76. The zero-order valence-corrected chi connectivity index (χ0v) is 14.4. The van der Waals surface area contributed by atoms with Crippen molar-refractivity contribution in [2.75, 3.05) is 12.4 Å². The first-order valence-electron chi connectivity index (χ1n) is 7.29. The second kappa shape index (κ2) is 8.17. The Morgan fingerprint density at radius 1 is 1.12 bits per heavy atom. The molecule has 0 saturated carbocycles. The smallest absolute Gasteiger partial charge is 0.341 e. The summed E-state index contributed by atoms with van der Waals surface area (Å²) in [5, 5.41) is 9.09. The van der Waals surface area contributed by atoms with E-state index in [9.17, 15) is 13.2 Å². The molecule has 1 N–H and O–H groups in total. The molecular weight excluding hydrogens is 352 g/mol. The molecule has 0 aliphatic carbocycles. The monoisotopic (exact) mass is 368 g/mol. The maximum Gasteiger partial charge on any atom is 0.341 e. The number of carbonyl (C=O) groups is 1. The van der Waals surface area contributed by atoms with Crippen molar-refractivity contribution in [1.29, 1.82) is 0 Å². The molecule has 0 bridgehead atoms. The number of halogens is 1. The molecule has 7 heteroatoms. The number of hydrogen-bond acceptors (Lipinski definition) is 4. The number of carboxylic acids is 1. The number of hydrogen-bond donors (Lipinski definition) is 1. The Morgan fingerprint density at radius 2 is 1.83 bits per heavy atom. The predicted molar refractivity (Wildman–Crippen MR) is 91.4 cm³/mol. The molecule has 0 atom stereocenters. The Balaban J connectivity index is 1.92. The summed E-state index contributed by atoms with van der Waals surface area (Å²) in [7, 11) is -3.35. The molecule has 0 amide bonds. The van der Waals surface area contributed by atoms with E-state index in [0.29, 0.717) is 23.6 Å². The Labute approximate surface area is 145 Å². The fourth-order valence-corrected chi connectivity index (χ4v) is 3.60. The third kappa shape index (κ3) is 5.54. The topological polar surface area (TPSA) is 80.7 Å². The highest BCUT2D eigenvalue weighted by molar-refractivity contribution is 7.91. The molecule has 2 rings (SSSR count). The van der Waals surface area contributed by atoms with Crippen LogP contribution >= 0.6 is 11.6 Å². The molecule has 0 heterocycles. The minimum atomic E-state index is -3.35. The van der Waals surface area contributed by atoms with Crippen LogP contribution in [-0.4, -0.2) is 31.9 Å². The molecule has 0 aliphatic rings. The molecule has 128 valence electrons. The summed E-state index contributed by atoms with van der Waals surface area (Å²) in [5.41, 5.74) is 0.893. The average Bonchev–Trinajstić information content (AvgIpc) is 2.53. The number of carboxylic acid groups (broad SMARTS) is 1. The van der Waals surface area contributed by atoms with Crippen LogP contribution in [0, 0.1) is 0 Å². The van der Waals surface area contributed by atoms with E-state index < -0.39 is 22.4 Å². The van der Waals surface area contributed by atoms with E-state index in [2.05, 4.69) is 0 Å². The van der Waals surface area contributed by atoms with Crippen LogP contribution in [0.15, 0.2) is 53.4 Å². The first-order chi connectivity index (χ1) is 11.4. The zero-order valence-electron chi connectivity index (χ0n) is 12.8. The second-order valence-corrected chi connectivity index (χ2v) is 7.75. The standard InChI is InChI=1S/C17H17ClO5S/c18-14-6-8-16(9-7-14)24(21,22)10-2-4-13-3-1-5-15(11-13)23-12-17(19)20/h1,3,5-9,11H,2,4,10,12H2,(H,19,20). The Kier molecular flexibility index (Phi) is 6.23. The molecule has 2 aromatic carbocycles. The number of rotatable bonds is 8. The number of ether oxygens (including phenoxy) is 1. The predicted octanol–water partition coefficient (Wildman–Crippen LogP) is 3.21. The van der Waals surface area contributed by atoms with Gasteiger partial charge in [0.1, 0.15) is 5.75 Å². The molecule has 5 nitrogen and oxygen atoms in total. The van der Waals surface area contributed by atoms with Gasteiger partial charge in [-0.3, -0.25) is 0 Å². The van der Waals surface area contributed by atoms with Crippen molar-refractivity contribution >= 4 is 27.4 Å². The number of aliphatic carboxylic acids is 1. The lowest BCUT2D eigenvalue weighted by atomic mass is 10.1. The van der Waals surface area contributed by atoms with E-state index >= 15 is 0 Å². The summed E-state index contributed by atoms with van der Waals surface area (Å²) in [6, 6.07) is 13.1. The third-order valence-corrected chi connectivity index (χ3v) is 5.38. The van der Waals surface area contributed by atoms with Crippen molar-refractivity contribution in [2.45, 2.75) is 17.7 Å². The van der Waals surface area contributed by atoms with Gasteiger partial charge >= 0.3 is 5.97 Å². The normalized spacial score (nSPS) is 11.2. The molecule has 0 spiro atoms. The minimum absolute atomic E-state index is 0.0227. The highest BCUT2D eigenvalue weighted by Crippen LogP contribution is 2.18. The molecule has 0 radical (unpaired) electrons. The molecule has 0 aromatic heterocycles. The van der Waals surface area contributed by atoms with Crippen molar-refractivity contribution in [2.24, 2.45) is 0 Å². The van der Waals surface area contributed by atoms with E-state index in [4.69, 9.17) is 21.4 Å². The average molecular weight is 369 g/mol. The fourth-order valence-electron chi connectivity index (χ4n) is 2.16. The highest BCUT2D eigenvalue weighted by Gasteiger charge is 2.14. The van der Waals surface area contributed by atoms with Gasteiger partial charge < -0.3 is 9.84 Å². The Hall–Kier alpha value is -2.05. The lowest BCUT2D eigenvalue weighted by Gasteiger charge is -2.07. The van der Waals surface area contributed by atoms with Gasteiger partial charge in [0.2, 0.25) is 0 Å². The Bertz CT molecular complexity index is 800. The first-order valence-corrected chi connectivity index (χ1v) is 9.32. The molecule has 0 fully saturated rings. The van der Waals surface area contributed by atoms with Crippen LogP contribution in [-0.2, 0) is 21.1 Å². The van der Waals surface area contributed by atoms with Crippen LogP contribution in [0.2, 0.25) is 5.02 Å². The molecule has 0 unspecified atom stereocenters. The SMILES string of the molecule is O=C(O)COc1cccc(CCCS(=O)(=O)c2ccc(Cl)cc2)c1. The number of benzene rings is 2. The van der Waals surface area contributed by atoms with Gasteiger partial charge in [-0.2, -0.15) is 0 Å². The minimum Gasteiger partial charge on any atom is -0.482 e. The van der Waals surface area contributed by atoms with Crippen LogP contribution in [0.4, 0.5) is 0 Å². The van der Waals surface area contributed by atoms with E-state index in [1.54, 1.807) is 30.3 Å². The molecule has 24 heavy (non-hydrogen) atoms. The maximum atomic E-state index is 12.2. The van der Waals surface area contributed by atoms with E-state index in [1.165, 1.54) is 12.1 Å². The second-order valence-electron chi connectivity index (χ2n) is 5.21. The molecular formula is C17H17ClO5S. The van der Waals surface area contributed by atoms with E-state index in [1.807, 2.05) is 6.07 Å². The summed E-state index contributed by atoms with van der Waals surface area (Å²) in [5.74, 6) is -0.570. The largest absolute Gasteiger partial charge is 0.482 e. The fraction of sp³-hybridized carbons (Fsp3) is 0.235. The van der Waals surface area contributed by atoms with Crippen molar-refractivity contribution in [3.63, 3.8) is 0 Å². The van der Waals surface area contributed by atoms with E-state index in [0.717, 1.165) is 5.56 Å². The van der Waals surface area contributed by atoms with Gasteiger partial charge in [-0.1, -0.05) is 23.7 Å². The van der Waals surface area contributed by atoms with Gasteiger partial charge in [-0.05, 0) is 54.8 Å². The molecule has 2 aromatic rings. The summed E-state index contributed by atoms with van der Waals surface area (Å²) in [6.07, 6.45) is 1.00. The van der Waals surface area contributed by atoms with Crippen LogP contribution in [0.5, 0.6) is 5.75 Å². The van der Waals surface area contributed by atoms with Crippen LogP contribution < -0.4 is 4.74 Å². The first kappa shape index (κ1) is 18.3. The highest BCUT2D eigenvalue weighted by atomic mass is 35.5. The van der Waals surface area contributed by atoms with Crippen molar-refractivity contribution in [3.8, 4) is 5.75 Å². The lowest BCUT2D eigenvalue weighted by molar-refractivity contribution is -0.139. The molecule has 0 saturated heterocycles. The molecule has 0 aliphatic heterocycles.